The van der Waals surface area contributed by atoms with Crippen LogP contribution in [0.1, 0.15) is 28.2 Å². The first-order valence-electron chi connectivity index (χ1n) is 7.77. The second-order valence-electron chi connectivity index (χ2n) is 5.95. The first-order valence-corrected chi connectivity index (χ1v) is 7.77. The van der Waals surface area contributed by atoms with E-state index in [4.69, 9.17) is 16.2 Å². The lowest BCUT2D eigenvalue weighted by Crippen LogP contribution is -2.15. The maximum atomic E-state index is 9.81. The van der Waals surface area contributed by atoms with Gasteiger partial charge < -0.3 is 21.3 Å². The lowest BCUT2D eigenvalue weighted by atomic mass is 9.81. The first kappa shape index (κ1) is 14.9. The van der Waals surface area contributed by atoms with E-state index >= 15 is 0 Å². The van der Waals surface area contributed by atoms with Crippen molar-refractivity contribution < 1.29 is 9.84 Å². The van der Waals surface area contributed by atoms with Crippen LogP contribution in [0.25, 0.3) is 0 Å². The molecule has 1 aliphatic heterocycles. The van der Waals surface area contributed by atoms with Crippen LogP contribution in [0.2, 0.25) is 0 Å². The van der Waals surface area contributed by atoms with Crippen molar-refractivity contribution in [2.75, 3.05) is 11.5 Å². The molecule has 0 amide bonds. The molecular formula is C20H15N3O2. The van der Waals surface area contributed by atoms with E-state index < -0.39 is 0 Å². The van der Waals surface area contributed by atoms with Crippen molar-refractivity contribution in [1.29, 1.82) is 5.26 Å². The molecular weight excluding hydrogens is 314 g/mol. The van der Waals surface area contributed by atoms with Gasteiger partial charge in [-0.05, 0) is 11.6 Å². The number of rotatable bonds is 1. The number of hydrogen-bond acceptors (Lipinski definition) is 5. The van der Waals surface area contributed by atoms with Crippen LogP contribution >= 0.6 is 0 Å². The minimum absolute atomic E-state index is 0.114. The van der Waals surface area contributed by atoms with Gasteiger partial charge in [0, 0.05) is 29.2 Å². The van der Waals surface area contributed by atoms with E-state index in [9.17, 15) is 10.4 Å². The topological polar surface area (TPSA) is 105 Å². The Labute approximate surface area is 144 Å². The number of phenolic OH excluding ortho intramolecular Hbond substituents is 1. The van der Waals surface area contributed by atoms with Crippen LogP contribution in [0.15, 0.2) is 54.6 Å². The molecule has 3 aromatic rings. The molecule has 0 saturated heterocycles. The van der Waals surface area contributed by atoms with Gasteiger partial charge in [-0.1, -0.05) is 36.4 Å². The van der Waals surface area contributed by atoms with Crippen LogP contribution in [0.4, 0.5) is 11.4 Å². The van der Waals surface area contributed by atoms with Crippen molar-refractivity contribution >= 4 is 11.4 Å². The zero-order valence-electron chi connectivity index (χ0n) is 13.2. The fourth-order valence-electron chi connectivity index (χ4n) is 3.34. The molecule has 1 aliphatic rings. The van der Waals surface area contributed by atoms with Crippen LogP contribution in [0, 0.1) is 11.3 Å². The van der Waals surface area contributed by atoms with Crippen molar-refractivity contribution in [3.05, 3.63) is 76.9 Å². The molecule has 3 aromatic carbocycles. The molecule has 1 heterocycles. The van der Waals surface area contributed by atoms with E-state index in [1.807, 2.05) is 36.4 Å². The minimum atomic E-state index is -0.215. The van der Waals surface area contributed by atoms with Crippen molar-refractivity contribution in [3.8, 4) is 23.3 Å². The molecule has 5 N–H and O–H groups in total. The van der Waals surface area contributed by atoms with Gasteiger partial charge in [0.15, 0.2) is 0 Å². The number of nitrogens with two attached hydrogens (primary N) is 2. The van der Waals surface area contributed by atoms with Crippen LogP contribution < -0.4 is 16.2 Å². The normalized spacial score (nSPS) is 14.8. The summed E-state index contributed by atoms with van der Waals surface area (Å²) in [4.78, 5) is 0. The zero-order chi connectivity index (χ0) is 17.6. The number of nitrogens with zero attached hydrogens (tertiary/aromatic N) is 1. The number of hydrogen-bond donors (Lipinski definition) is 3. The third-order valence-corrected chi connectivity index (χ3v) is 4.46. The summed E-state index contributed by atoms with van der Waals surface area (Å²) in [7, 11) is 0. The highest BCUT2D eigenvalue weighted by Crippen LogP contribution is 2.51. The highest BCUT2D eigenvalue weighted by Gasteiger charge is 2.32. The number of nitrogen functional groups attached to an aromatic ring is 2. The first-order chi connectivity index (χ1) is 12.1. The van der Waals surface area contributed by atoms with E-state index in [0.717, 1.165) is 16.7 Å². The quantitative estimate of drug-likeness (QED) is 0.462. The Morgan fingerprint density at radius 2 is 1.76 bits per heavy atom. The van der Waals surface area contributed by atoms with E-state index in [2.05, 4.69) is 6.07 Å². The predicted molar refractivity (Wildman–Crippen MR) is 95.5 cm³/mol. The second-order valence-corrected chi connectivity index (χ2v) is 5.95. The van der Waals surface area contributed by atoms with Crippen molar-refractivity contribution in [2.24, 2.45) is 0 Å². The largest absolute Gasteiger partial charge is 0.508 e. The van der Waals surface area contributed by atoms with E-state index in [-0.39, 0.29) is 22.9 Å². The molecule has 0 radical (unpaired) electrons. The summed E-state index contributed by atoms with van der Waals surface area (Å²) in [5.74, 6) is 0.947. The molecule has 0 aliphatic carbocycles. The molecule has 0 saturated carbocycles. The van der Waals surface area contributed by atoms with E-state index in [0.29, 0.717) is 17.2 Å². The lowest BCUT2D eigenvalue weighted by molar-refractivity contribution is 0.438. The Kier molecular flexibility index (Phi) is 3.26. The molecule has 25 heavy (non-hydrogen) atoms. The van der Waals surface area contributed by atoms with Gasteiger partial charge in [0.1, 0.15) is 23.3 Å². The number of benzene rings is 3. The second kappa shape index (κ2) is 5.46. The molecule has 0 fully saturated rings. The molecule has 1 atom stereocenters. The summed E-state index contributed by atoms with van der Waals surface area (Å²) < 4.78 is 5.94. The van der Waals surface area contributed by atoms with Crippen LogP contribution in [0.5, 0.6) is 17.2 Å². The summed E-state index contributed by atoms with van der Waals surface area (Å²) in [6.45, 7) is 0. The Morgan fingerprint density at radius 1 is 1.00 bits per heavy atom. The van der Waals surface area contributed by atoms with Gasteiger partial charge in [-0.3, -0.25) is 0 Å². The Bertz CT molecular complexity index is 1020. The van der Waals surface area contributed by atoms with Gasteiger partial charge in [0.2, 0.25) is 0 Å². The Morgan fingerprint density at radius 3 is 2.48 bits per heavy atom. The van der Waals surface area contributed by atoms with Crippen LogP contribution in [0.3, 0.4) is 0 Å². The smallest absolute Gasteiger partial charge is 0.135 e. The number of phenols is 1. The van der Waals surface area contributed by atoms with E-state index in [1.54, 1.807) is 18.2 Å². The van der Waals surface area contributed by atoms with Gasteiger partial charge in [-0.2, -0.15) is 5.26 Å². The maximum Gasteiger partial charge on any atom is 0.135 e. The number of fused-ring (bicyclic) bond motifs is 2. The average molecular weight is 329 g/mol. The SMILES string of the molecule is N#Cc1c(N)cc2c(c1N)C(c1ccccc1)c1ccc(O)cc1O2. The number of nitriles is 1. The third kappa shape index (κ3) is 2.24. The van der Waals surface area contributed by atoms with Crippen molar-refractivity contribution in [2.45, 2.75) is 5.92 Å². The summed E-state index contributed by atoms with van der Waals surface area (Å²) in [5, 5.41) is 19.2. The monoisotopic (exact) mass is 329 g/mol. The van der Waals surface area contributed by atoms with Gasteiger partial charge in [-0.15, -0.1) is 0 Å². The average Bonchev–Trinajstić information content (AvgIpc) is 2.61. The number of anilines is 2. The highest BCUT2D eigenvalue weighted by molar-refractivity contribution is 5.79. The van der Waals surface area contributed by atoms with Crippen molar-refractivity contribution in [1.82, 2.24) is 0 Å². The maximum absolute atomic E-state index is 9.81. The van der Waals surface area contributed by atoms with Gasteiger partial charge >= 0.3 is 0 Å². The molecule has 5 nitrogen and oxygen atoms in total. The summed E-state index contributed by atoms with van der Waals surface area (Å²) in [5.41, 5.74) is 15.7. The zero-order valence-corrected chi connectivity index (χ0v) is 13.2. The predicted octanol–water partition coefficient (Wildman–Crippen LogP) is 3.71. The van der Waals surface area contributed by atoms with Gasteiger partial charge in [0.05, 0.1) is 16.9 Å². The molecule has 0 aromatic heterocycles. The van der Waals surface area contributed by atoms with E-state index in [1.165, 1.54) is 0 Å². The fraction of sp³-hybridized carbons (Fsp3) is 0.0500. The van der Waals surface area contributed by atoms with Gasteiger partial charge in [-0.25, -0.2) is 0 Å². The molecule has 122 valence electrons. The molecule has 0 spiro atoms. The Hall–Kier alpha value is -3.65. The Balaban J connectivity index is 2.05. The molecule has 1 unspecified atom stereocenters. The van der Waals surface area contributed by atoms with Gasteiger partial charge in [0.25, 0.3) is 0 Å². The van der Waals surface area contributed by atoms with Crippen LogP contribution in [-0.4, -0.2) is 5.11 Å². The number of ether oxygens (including phenoxy) is 1. The summed E-state index contributed by atoms with van der Waals surface area (Å²) in [6.07, 6.45) is 0. The lowest BCUT2D eigenvalue weighted by Gasteiger charge is -2.30. The highest BCUT2D eigenvalue weighted by atomic mass is 16.5. The van der Waals surface area contributed by atoms with Crippen LogP contribution in [-0.2, 0) is 0 Å². The summed E-state index contributed by atoms with van der Waals surface area (Å²) in [6, 6.07) is 18.5. The molecule has 0 bridgehead atoms. The summed E-state index contributed by atoms with van der Waals surface area (Å²) >= 11 is 0. The standard InChI is InChI=1S/C20H15N3O2/c21-10-14-15(22)9-17-19(20(14)23)18(11-4-2-1-3-5-11)13-7-6-12(24)8-16(13)25-17/h1-9,18,24H,22-23H2. The fourth-order valence-corrected chi connectivity index (χ4v) is 3.34. The third-order valence-electron chi connectivity index (χ3n) is 4.46. The van der Waals surface area contributed by atoms with Crippen molar-refractivity contribution in [3.63, 3.8) is 0 Å². The molecule has 5 heteroatoms. The minimum Gasteiger partial charge on any atom is -0.508 e. The molecule has 4 rings (SSSR count). The number of aromatic hydroxyl groups is 1.